The molecule has 32 heavy (non-hydrogen) atoms. The third-order valence-corrected chi connectivity index (χ3v) is 5.02. The Hall–Kier alpha value is -3.63. The Morgan fingerprint density at radius 1 is 1.12 bits per heavy atom. The van der Waals surface area contributed by atoms with E-state index in [-0.39, 0.29) is 24.2 Å². The molecule has 166 valence electrons. The molecule has 1 saturated heterocycles. The number of amides is 2. The summed E-state index contributed by atoms with van der Waals surface area (Å²) in [5.74, 6) is -0.0877. The van der Waals surface area contributed by atoms with Crippen molar-refractivity contribution in [3.8, 4) is 11.8 Å². The van der Waals surface area contributed by atoms with Gasteiger partial charge < -0.3 is 20.1 Å². The fraction of sp³-hybridized carbons (Fsp3) is 0.320. The van der Waals surface area contributed by atoms with Crippen LogP contribution in [0.3, 0.4) is 0 Å². The van der Waals surface area contributed by atoms with Crippen LogP contribution >= 0.6 is 0 Å². The minimum Gasteiger partial charge on any atom is -0.484 e. The van der Waals surface area contributed by atoms with Gasteiger partial charge in [0.1, 0.15) is 17.4 Å². The van der Waals surface area contributed by atoms with Gasteiger partial charge in [0.05, 0.1) is 6.10 Å². The molecular weight excluding hydrogens is 406 g/mol. The number of benzene rings is 2. The molecule has 0 bridgehead atoms. The molecule has 2 aromatic rings. The highest BCUT2D eigenvalue weighted by molar-refractivity contribution is 6.01. The zero-order valence-electron chi connectivity index (χ0n) is 17.9. The first-order valence-electron chi connectivity index (χ1n) is 10.7. The van der Waals surface area contributed by atoms with Gasteiger partial charge in [-0.15, -0.1) is 0 Å². The molecule has 2 N–H and O–H groups in total. The highest BCUT2D eigenvalue weighted by Crippen LogP contribution is 2.15. The summed E-state index contributed by atoms with van der Waals surface area (Å²) in [5.41, 5.74) is 1.83. The molecular formula is C25H27N3O4. The Balaban J connectivity index is 1.44. The molecule has 1 atom stereocenters. The first-order valence-corrected chi connectivity index (χ1v) is 10.7. The van der Waals surface area contributed by atoms with E-state index in [1.807, 2.05) is 36.4 Å². The van der Waals surface area contributed by atoms with Gasteiger partial charge in [-0.2, -0.15) is 5.26 Å². The molecule has 7 heteroatoms. The van der Waals surface area contributed by atoms with Crippen molar-refractivity contribution in [1.82, 2.24) is 10.6 Å². The Bertz CT molecular complexity index is 959. The Morgan fingerprint density at radius 2 is 1.91 bits per heavy atom. The van der Waals surface area contributed by atoms with Crippen molar-refractivity contribution in [1.29, 1.82) is 5.26 Å². The topological polar surface area (TPSA) is 100 Å². The van der Waals surface area contributed by atoms with E-state index in [4.69, 9.17) is 9.47 Å². The molecule has 3 rings (SSSR count). The van der Waals surface area contributed by atoms with Crippen LogP contribution in [0.5, 0.6) is 5.75 Å². The minimum absolute atomic E-state index is 0.0280. The van der Waals surface area contributed by atoms with Crippen LogP contribution in [0, 0.1) is 11.3 Å². The summed E-state index contributed by atoms with van der Waals surface area (Å²) < 4.78 is 11.0. The fourth-order valence-electron chi connectivity index (χ4n) is 3.27. The Morgan fingerprint density at radius 3 is 2.59 bits per heavy atom. The standard InChI is InChI=1S/C25H27N3O4/c26-16-21(25(30)27-13-12-19-5-2-1-3-6-19)15-20-8-10-22(11-9-20)32-18-24(29)28-17-23-7-4-14-31-23/h1-3,5-6,8-11,15,23H,4,7,12-14,17-18H2,(H,27,30)(H,28,29)/b21-15+/t23-/m1/s1. The molecule has 0 radical (unpaired) electrons. The lowest BCUT2D eigenvalue weighted by Gasteiger charge is -2.11. The van der Waals surface area contributed by atoms with Gasteiger partial charge in [-0.05, 0) is 48.6 Å². The van der Waals surface area contributed by atoms with Crippen LogP contribution in [-0.4, -0.2) is 44.2 Å². The lowest BCUT2D eigenvalue weighted by molar-refractivity contribution is -0.123. The summed E-state index contributed by atoms with van der Waals surface area (Å²) in [6.07, 6.45) is 4.30. The molecule has 1 aliphatic rings. The number of hydrogen-bond acceptors (Lipinski definition) is 5. The van der Waals surface area contributed by atoms with Crippen molar-refractivity contribution in [2.75, 3.05) is 26.3 Å². The van der Waals surface area contributed by atoms with E-state index in [1.165, 1.54) is 6.08 Å². The van der Waals surface area contributed by atoms with Crippen LogP contribution in [0.15, 0.2) is 60.2 Å². The van der Waals surface area contributed by atoms with Gasteiger partial charge in [0.15, 0.2) is 6.61 Å². The number of ether oxygens (including phenoxy) is 2. The summed E-state index contributed by atoms with van der Waals surface area (Å²) >= 11 is 0. The zero-order valence-corrected chi connectivity index (χ0v) is 17.9. The molecule has 0 aromatic heterocycles. The first-order chi connectivity index (χ1) is 15.6. The number of rotatable bonds is 10. The van der Waals surface area contributed by atoms with E-state index in [2.05, 4.69) is 10.6 Å². The molecule has 2 amide bonds. The van der Waals surface area contributed by atoms with E-state index >= 15 is 0 Å². The summed E-state index contributed by atoms with van der Waals surface area (Å²) in [6, 6.07) is 18.6. The molecule has 2 aromatic carbocycles. The number of nitrogens with zero attached hydrogens (tertiary/aromatic N) is 1. The van der Waals surface area contributed by atoms with Crippen LogP contribution in [0.4, 0.5) is 0 Å². The van der Waals surface area contributed by atoms with E-state index in [0.717, 1.165) is 25.0 Å². The van der Waals surface area contributed by atoms with Gasteiger partial charge in [0.2, 0.25) is 0 Å². The van der Waals surface area contributed by atoms with E-state index in [0.29, 0.717) is 30.8 Å². The Kier molecular flexibility index (Phi) is 8.84. The molecule has 1 aliphatic heterocycles. The summed E-state index contributed by atoms with van der Waals surface area (Å²) in [6.45, 7) is 1.61. The van der Waals surface area contributed by atoms with Crippen molar-refractivity contribution >= 4 is 17.9 Å². The molecule has 1 fully saturated rings. The number of nitrogens with one attached hydrogen (secondary N) is 2. The summed E-state index contributed by atoms with van der Waals surface area (Å²) in [7, 11) is 0. The minimum atomic E-state index is -0.410. The van der Waals surface area contributed by atoms with Crippen molar-refractivity contribution in [3.05, 3.63) is 71.3 Å². The maximum Gasteiger partial charge on any atom is 0.261 e. The van der Waals surface area contributed by atoms with Gasteiger partial charge in [-0.25, -0.2) is 0 Å². The van der Waals surface area contributed by atoms with Gasteiger partial charge in [-0.3, -0.25) is 9.59 Å². The molecule has 7 nitrogen and oxygen atoms in total. The molecule has 0 unspecified atom stereocenters. The molecule has 0 aliphatic carbocycles. The third-order valence-electron chi connectivity index (χ3n) is 5.02. The van der Waals surface area contributed by atoms with Crippen molar-refractivity contribution in [3.63, 3.8) is 0 Å². The molecule has 0 saturated carbocycles. The van der Waals surface area contributed by atoms with Gasteiger partial charge in [0.25, 0.3) is 11.8 Å². The maximum absolute atomic E-state index is 12.3. The quantitative estimate of drug-likeness (QED) is 0.443. The van der Waals surface area contributed by atoms with Gasteiger partial charge >= 0.3 is 0 Å². The number of carbonyl (C=O) groups is 2. The van der Waals surface area contributed by atoms with Crippen LogP contribution in [0.25, 0.3) is 6.08 Å². The summed E-state index contributed by atoms with van der Waals surface area (Å²) in [4.78, 5) is 24.2. The Labute approximate surface area is 188 Å². The van der Waals surface area contributed by atoms with Crippen molar-refractivity contribution in [2.24, 2.45) is 0 Å². The van der Waals surface area contributed by atoms with Crippen molar-refractivity contribution < 1.29 is 19.1 Å². The monoisotopic (exact) mass is 433 g/mol. The first kappa shape index (κ1) is 23.0. The SMILES string of the molecule is N#C/C(=C\c1ccc(OCC(=O)NC[C@H]2CCCO2)cc1)C(=O)NCCc1ccccc1. The smallest absolute Gasteiger partial charge is 0.261 e. The lowest BCUT2D eigenvalue weighted by Crippen LogP contribution is -2.35. The molecule has 1 heterocycles. The normalized spacial score (nSPS) is 15.6. The van der Waals surface area contributed by atoms with E-state index < -0.39 is 5.91 Å². The lowest BCUT2D eigenvalue weighted by atomic mass is 10.1. The number of hydrogen-bond donors (Lipinski definition) is 2. The van der Waals surface area contributed by atoms with Gasteiger partial charge in [-0.1, -0.05) is 42.5 Å². The average molecular weight is 434 g/mol. The maximum atomic E-state index is 12.3. The predicted molar refractivity (Wildman–Crippen MR) is 121 cm³/mol. The highest BCUT2D eigenvalue weighted by Gasteiger charge is 2.16. The van der Waals surface area contributed by atoms with Gasteiger partial charge in [0, 0.05) is 19.7 Å². The second-order valence-electron chi connectivity index (χ2n) is 7.46. The second kappa shape index (κ2) is 12.3. The number of nitriles is 1. The van der Waals surface area contributed by atoms with Crippen LogP contribution < -0.4 is 15.4 Å². The van der Waals surface area contributed by atoms with Crippen molar-refractivity contribution in [2.45, 2.75) is 25.4 Å². The van der Waals surface area contributed by atoms with Crippen LogP contribution in [0.2, 0.25) is 0 Å². The molecule has 0 spiro atoms. The summed E-state index contributed by atoms with van der Waals surface area (Å²) in [5, 5.41) is 14.9. The number of carbonyl (C=O) groups excluding carboxylic acids is 2. The van der Waals surface area contributed by atoms with E-state index in [1.54, 1.807) is 24.3 Å². The fourth-order valence-corrected chi connectivity index (χ4v) is 3.27. The predicted octanol–water partition coefficient (Wildman–Crippen LogP) is 2.63. The third kappa shape index (κ3) is 7.56. The largest absolute Gasteiger partial charge is 0.484 e. The van der Waals surface area contributed by atoms with Crippen LogP contribution in [-0.2, 0) is 20.7 Å². The second-order valence-corrected chi connectivity index (χ2v) is 7.46. The average Bonchev–Trinajstić information content (AvgIpc) is 3.35. The zero-order chi connectivity index (χ0) is 22.6. The van der Waals surface area contributed by atoms with E-state index in [9.17, 15) is 14.9 Å². The highest BCUT2D eigenvalue weighted by atomic mass is 16.5. The van der Waals surface area contributed by atoms with Crippen LogP contribution in [0.1, 0.15) is 24.0 Å².